The van der Waals surface area contributed by atoms with E-state index in [1.165, 1.54) is 6.07 Å². The van der Waals surface area contributed by atoms with Crippen molar-refractivity contribution in [1.29, 1.82) is 0 Å². The van der Waals surface area contributed by atoms with Crippen LogP contribution in [0.15, 0.2) is 54.9 Å². The van der Waals surface area contributed by atoms with Crippen LogP contribution < -0.4 is 0 Å². The largest absolute Gasteiger partial charge is 0.416 e. The van der Waals surface area contributed by atoms with Gasteiger partial charge in [0.15, 0.2) is 0 Å². The summed E-state index contributed by atoms with van der Waals surface area (Å²) in [7, 11) is 0. The van der Waals surface area contributed by atoms with Crippen molar-refractivity contribution in [1.82, 2.24) is 14.3 Å². The number of amides is 1. The molecule has 1 amide bonds. The summed E-state index contributed by atoms with van der Waals surface area (Å²) in [5, 5.41) is 0. The van der Waals surface area contributed by atoms with E-state index in [-0.39, 0.29) is 12.3 Å². The molecule has 4 nitrogen and oxygen atoms in total. The molecule has 160 valence electrons. The number of hydrogen-bond donors (Lipinski definition) is 0. The number of aromatic nitrogens is 2. The number of imidazole rings is 1. The topological polar surface area (TPSA) is 37.6 Å². The molecule has 0 N–H and O–H groups in total. The Hall–Kier alpha value is -2.83. The molecule has 0 fully saturated rings. The van der Waals surface area contributed by atoms with Crippen LogP contribution in [0, 0.1) is 0 Å². The molecule has 1 atom stereocenters. The summed E-state index contributed by atoms with van der Waals surface area (Å²) in [6.07, 6.45) is 0.770. The summed E-state index contributed by atoms with van der Waals surface area (Å²) in [5.74, 6) is -0.597. The third-order valence-corrected chi connectivity index (χ3v) is 5.14. The molecule has 2 heterocycles. The van der Waals surface area contributed by atoms with Crippen molar-refractivity contribution in [3.63, 3.8) is 0 Å². The van der Waals surface area contributed by atoms with Crippen molar-refractivity contribution in [2.75, 3.05) is 13.1 Å². The highest BCUT2D eigenvalue weighted by Gasteiger charge is 2.32. The van der Waals surface area contributed by atoms with E-state index in [9.17, 15) is 18.0 Å². The van der Waals surface area contributed by atoms with Crippen molar-refractivity contribution in [3.8, 4) is 0 Å². The lowest BCUT2D eigenvalue weighted by atomic mass is 9.90. The predicted octanol–water partition coefficient (Wildman–Crippen LogP) is 5.52. The summed E-state index contributed by atoms with van der Waals surface area (Å²) in [4.78, 5) is 19.3. The van der Waals surface area contributed by atoms with Gasteiger partial charge in [-0.15, -0.1) is 0 Å². The molecule has 0 radical (unpaired) electrons. The average molecular weight is 417 g/mol. The number of carbonyl (C=O) groups is 1. The second kappa shape index (κ2) is 9.32. The summed E-state index contributed by atoms with van der Waals surface area (Å²) >= 11 is 0. The summed E-state index contributed by atoms with van der Waals surface area (Å²) in [6.45, 7) is 5.28. The van der Waals surface area contributed by atoms with E-state index in [0.717, 1.165) is 25.0 Å². The Balaban J connectivity index is 2.05. The number of nitrogens with zero attached hydrogens (tertiary/aromatic N) is 3. The van der Waals surface area contributed by atoms with Crippen molar-refractivity contribution in [2.24, 2.45) is 0 Å². The van der Waals surface area contributed by atoms with Crippen LogP contribution in [0.5, 0.6) is 0 Å². The fourth-order valence-electron chi connectivity index (χ4n) is 3.74. The Labute approximate surface area is 174 Å². The molecule has 1 unspecified atom stereocenters. The van der Waals surface area contributed by atoms with Gasteiger partial charge >= 0.3 is 6.18 Å². The fraction of sp³-hybridized carbons (Fsp3) is 0.391. The average Bonchev–Trinajstić information content (AvgIpc) is 3.15. The third kappa shape index (κ3) is 4.83. The molecule has 30 heavy (non-hydrogen) atoms. The highest BCUT2D eigenvalue weighted by molar-refractivity contribution is 5.77. The van der Waals surface area contributed by atoms with Gasteiger partial charge in [-0.1, -0.05) is 38.1 Å². The van der Waals surface area contributed by atoms with Gasteiger partial charge in [0.05, 0.1) is 11.3 Å². The standard InChI is InChI=1S/C23H26F3N3O/c1-3-11-28(12-4-2)22(30)15-19(17-8-7-9-18(14-17)23(24,25)26)20-16-27-21-10-5-6-13-29(20)21/h5-10,13-14,16,19H,3-4,11-12,15H2,1-2H3. The van der Waals surface area contributed by atoms with E-state index in [0.29, 0.717) is 30.0 Å². The van der Waals surface area contributed by atoms with Gasteiger partial charge in [0.2, 0.25) is 5.91 Å². The maximum absolute atomic E-state index is 13.3. The number of halogens is 3. The molecule has 3 aromatic rings. The molecule has 7 heteroatoms. The monoisotopic (exact) mass is 417 g/mol. The van der Waals surface area contributed by atoms with E-state index < -0.39 is 17.7 Å². The van der Waals surface area contributed by atoms with Gasteiger partial charge in [-0.05, 0) is 36.6 Å². The molecule has 0 aliphatic heterocycles. The lowest BCUT2D eigenvalue weighted by Crippen LogP contribution is -2.33. The zero-order valence-electron chi connectivity index (χ0n) is 17.2. The SMILES string of the molecule is CCCN(CCC)C(=O)CC(c1cccc(C(F)(F)F)c1)c1cnc2ccccn12. The van der Waals surface area contributed by atoms with Crippen molar-refractivity contribution in [2.45, 2.75) is 45.2 Å². The first-order valence-corrected chi connectivity index (χ1v) is 10.2. The van der Waals surface area contributed by atoms with Crippen LogP contribution in [0.25, 0.3) is 5.65 Å². The minimum absolute atomic E-state index is 0.0630. The van der Waals surface area contributed by atoms with Crippen LogP contribution in [-0.4, -0.2) is 33.3 Å². The highest BCUT2D eigenvalue weighted by Crippen LogP contribution is 2.35. The van der Waals surface area contributed by atoms with Crippen molar-refractivity contribution >= 4 is 11.6 Å². The number of benzene rings is 1. The summed E-state index contributed by atoms with van der Waals surface area (Å²) in [5.41, 5.74) is 1.13. The molecule has 0 saturated carbocycles. The van der Waals surface area contributed by atoms with Gasteiger partial charge in [0.25, 0.3) is 0 Å². The summed E-state index contributed by atoms with van der Waals surface area (Å²) < 4.78 is 41.8. The Morgan fingerprint density at radius 1 is 1.10 bits per heavy atom. The number of pyridine rings is 1. The molecular weight excluding hydrogens is 391 g/mol. The van der Waals surface area contributed by atoms with Gasteiger partial charge < -0.3 is 9.30 Å². The normalized spacial score (nSPS) is 12.8. The highest BCUT2D eigenvalue weighted by atomic mass is 19.4. The maximum atomic E-state index is 13.3. The molecule has 0 spiro atoms. The Morgan fingerprint density at radius 3 is 2.50 bits per heavy atom. The predicted molar refractivity (Wildman–Crippen MR) is 110 cm³/mol. The third-order valence-electron chi connectivity index (χ3n) is 5.14. The van der Waals surface area contributed by atoms with Crippen LogP contribution >= 0.6 is 0 Å². The number of hydrogen-bond acceptors (Lipinski definition) is 2. The maximum Gasteiger partial charge on any atom is 0.416 e. The first kappa shape index (κ1) is 21.9. The first-order valence-electron chi connectivity index (χ1n) is 10.2. The van der Waals surface area contributed by atoms with Crippen molar-refractivity contribution < 1.29 is 18.0 Å². The van der Waals surface area contributed by atoms with Crippen LogP contribution in [0.2, 0.25) is 0 Å². The van der Waals surface area contributed by atoms with E-state index in [4.69, 9.17) is 0 Å². The molecule has 0 aliphatic rings. The van der Waals surface area contributed by atoms with E-state index in [1.807, 2.05) is 42.6 Å². The molecular formula is C23H26F3N3O. The van der Waals surface area contributed by atoms with Crippen LogP contribution in [0.1, 0.15) is 55.8 Å². The first-order chi connectivity index (χ1) is 14.3. The second-order valence-corrected chi connectivity index (χ2v) is 7.37. The van der Waals surface area contributed by atoms with Gasteiger partial charge in [-0.2, -0.15) is 13.2 Å². The lowest BCUT2D eigenvalue weighted by molar-refractivity contribution is -0.137. The number of alkyl halides is 3. The lowest BCUT2D eigenvalue weighted by Gasteiger charge is -2.25. The zero-order chi connectivity index (χ0) is 21.7. The van der Waals surface area contributed by atoms with Crippen molar-refractivity contribution in [3.05, 3.63) is 71.7 Å². The van der Waals surface area contributed by atoms with Gasteiger partial charge in [0, 0.05) is 37.8 Å². The van der Waals surface area contributed by atoms with E-state index in [2.05, 4.69) is 4.98 Å². The Morgan fingerprint density at radius 2 is 1.83 bits per heavy atom. The quantitative estimate of drug-likeness (QED) is 0.484. The zero-order valence-corrected chi connectivity index (χ0v) is 17.2. The Bertz CT molecular complexity index is 991. The van der Waals surface area contributed by atoms with Gasteiger partial charge in [0.1, 0.15) is 5.65 Å². The minimum Gasteiger partial charge on any atom is -0.343 e. The van der Waals surface area contributed by atoms with Crippen LogP contribution in [0.4, 0.5) is 13.2 Å². The van der Waals surface area contributed by atoms with Crippen LogP contribution in [-0.2, 0) is 11.0 Å². The second-order valence-electron chi connectivity index (χ2n) is 7.37. The molecule has 2 aromatic heterocycles. The van der Waals surface area contributed by atoms with Gasteiger partial charge in [-0.25, -0.2) is 4.98 Å². The van der Waals surface area contributed by atoms with E-state index in [1.54, 1.807) is 17.2 Å². The molecule has 3 rings (SSSR count). The van der Waals surface area contributed by atoms with Crippen LogP contribution in [0.3, 0.4) is 0 Å². The van der Waals surface area contributed by atoms with Gasteiger partial charge in [-0.3, -0.25) is 4.79 Å². The molecule has 0 aliphatic carbocycles. The smallest absolute Gasteiger partial charge is 0.343 e. The fourth-order valence-corrected chi connectivity index (χ4v) is 3.74. The molecule has 0 saturated heterocycles. The Kier molecular flexibility index (Phi) is 6.80. The number of rotatable bonds is 8. The number of carbonyl (C=O) groups excluding carboxylic acids is 1. The summed E-state index contributed by atoms with van der Waals surface area (Å²) in [6, 6.07) is 10.8. The molecule has 1 aromatic carbocycles. The number of fused-ring (bicyclic) bond motifs is 1. The van der Waals surface area contributed by atoms with E-state index >= 15 is 0 Å². The minimum atomic E-state index is -4.44. The molecule has 0 bridgehead atoms.